The fourth-order valence-electron chi connectivity index (χ4n) is 2.55. The molecule has 1 amide bonds. The summed E-state index contributed by atoms with van der Waals surface area (Å²) < 4.78 is 6.96. The topological polar surface area (TPSA) is 56.1 Å². The van der Waals surface area contributed by atoms with Crippen LogP contribution in [0.5, 0.6) is 5.75 Å². The van der Waals surface area contributed by atoms with Crippen molar-refractivity contribution in [2.45, 2.75) is 25.8 Å². The first-order chi connectivity index (χ1) is 12.2. The first-order valence-electron chi connectivity index (χ1n) is 8.21. The van der Waals surface area contributed by atoms with E-state index in [9.17, 15) is 4.79 Å². The number of hydrogen-bond acceptors (Lipinski definition) is 4. The molecule has 25 heavy (non-hydrogen) atoms. The monoisotopic (exact) mass is 355 g/mol. The summed E-state index contributed by atoms with van der Waals surface area (Å²) in [6, 6.07) is 13.8. The molecule has 0 aliphatic heterocycles. The van der Waals surface area contributed by atoms with Gasteiger partial charge in [0.1, 0.15) is 11.6 Å². The van der Waals surface area contributed by atoms with E-state index in [4.69, 9.17) is 4.74 Å². The lowest BCUT2D eigenvalue weighted by Crippen LogP contribution is -2.16. The van der Waals surface area contributed by atoms with Crippen molar-refractivity contribution >= 4 is 23.1 Å². The molecule has 0 aliphatic carbocycles. The third-order valence-corrected chi connectivity index (χ3v) is 4.82. The number of aromatic nitrogens is 2. The summed E-state index contributed by atoms with van der Waals surface area (Å²) in [4.78, 5) is 13.5. The maximum absolute atomic E-state index is 12.2. The molecule has 6 heteroatoms. The zero-order valence-corrected chi connectivity index (χ0v) is 15.0. The number of methoxy groups -OCH3 is 1. The van der Waals surface area contributed by atoms with Crippen molar-refractivity contribution in [3.8, 4) is 5.75 Å². The summed E-state index contributed by atoms with van der Waals surface area (Å²) in [6.45, 7) is 0.599. The lowest BCUT2D eigenvalue weighted by atomic mass is 10.2. The van der Waals surface area contributed by atoms with Crippen LogP contribution in [0.3, 0.4) is 0 Å². The van der Waals surface area contributed by atoms with E-state index in [2.05, 4.69) is 21.9 Å². The average molecular weight is 355 g/mol. The third kappa shape index (κ3) is 4.93. The molecule has 0 atom stereocenters. The van der Waals surface area contributed by atoms with Crippen LogP contribution in [0.1, 0.15) is 23.3 Å². The number of nitrogens with one attached hydrogen (secondary N) is 1. The average Bonchev–Trinajstić information content (AvgIpc) is 3.28. The highest BCUT2D eigenvalue weighted by atomic mass is 32.1. The highest BCUT2D eigenvalue weighted by molar-refractivity contribution is 7.09. The van der Waals surface area contributed by atoms with Crippen molar-refractivity contribution in [3.63, 3.8) is 0 Å². The van der Waals surface area contributed by atoms with Crippen LogP contribution in [0.25, 0.3) is 0 Å². The van der Waals surface area contributed by atoms with Crippen LogP contribution in [-0.4, -0.2) is 22.8 Å². The van der Waals surface area contributed by atoms with Crippen LogP contribution in [-0.2, 0) is 17.8 Å². The van der Waals surface area contributed by atoms with E-state index in [1.165, 1.54) is 4.88 Å². The summed E-state index contributed by atoms with van der Waals surface area (Å²) in [5.74, 6) is 1.56. The van der Waals surface area contributed by atoms with E-state index in [0.29, 0.717) is 13.0 Å². The molecule has 5 nitrogen and oxygen atoms in total. The van der Waals surface area contributed by atoms with Gasteiger partial charge in [-0.2, -0.15) is 5.10 Å². The number of carbonyl (C=O) groups excluding carboxylic acids is 1. The van der Waals surface area contributed by atoms with Gasteiger partial charge in [-0.25, -0.2) is 4.68 Å². The van der Waals surface area contributed by atoms with Gasteiger partial charge in [0.2, 0.25) is 5.91 Å². The molecule has 0 unspecified atom stereocenters. The zero-order valence-electron chi connectivity index (χ0n) is 14.1. The number of anilines is 1. The molecule has 0 bridgehead atoms. The van der Waals surface area contributed by atoms with Gasteiger partial charge in [-0.1, -0.05) is 18.2 Å². The predicted octanol–water partition coefficient (Wildman–Crippen LogP) is 3.96. The summed E-state index contributed by atoms with van der Waals surface area (Å²) >= 11 is 1.73. The normalized spacial score (nSPS) is 10.6. The molecule has 130 valence electrons. The van der Waals surface area contributed by atoms with E-state index in [1.807, 2.05) is 36.4 Å². The van der Waals surface area contributed by atoms with Crippen molar-refractivity contribution < 1.29 is 9.53 Å². The smallest absolute Gasteiger partial charge is 0.225 e. The Labute approximate surface area is 151 Å². The largest absolute Gasteiger partial charge is 0.497 e. The van der Waals surface area contributed by atoms with Crippen LogP contribution in [0, 0.1) is 0 Å². The summed E-state index contributed by atoms with van der Waals surface area (Å²) in [5, 5.41) is 9.32. The van der Waals surface area contributed by atoms with Crippen LogP contribution in [0.15, 0.2) is 54.0 Å². The number of aryl methyl sites for hydroxylation is 1. The number of hydrogen-bond donors (Lipinski definition) is 1. The Morgan fingerprint density at radius 2 is 2.08 bits per heavy atom. The van der Waals surface area contributed by atoms with Gasteiger partial charge < -0.3 is 10.1 Å². The minimum absolute atomic E-state index is 0.0213. The van der Waals surface area contributed by atoms with Crippen molar-refractivity contribution in [1.82, 2.24) is 9.78 Å². The summed E-state index contributed by atoms with van der Waals surface area (Å²) in [7, 11) is 1.65. The molecule has 3 aromatic rings. The second kappa shape index (κ2) is 8.48. The van der Waals surface area contributed by atoms with Gasteiger partial charge in [0, 0.05) is 17.4 Å². The number of ether oxygens (including phenoxy) is 1. The van der Waals surface area contributed by atoms with Crippen molar-refractivity contribution in [2.75, 3.05) is 12.4 Å². The molecule has 0 aliphatic rings. The summed E-state index contributed by atoms with van der Waals surface area (Å²) in [5.41, 5.74) is 1.10. The zero-order chi connectivity index (χ0) is 17.5. The van der Waals surface area contributed by atoms with E-state index < -0.39 is 0 Å². The van der Waals surface area contributed by atoms with Gasteiger partial charge in [-0.05, 0) is 42.0 Å². The van der Waals surface area contributed by atoms with E-state index in [-0.39, 0.29) is 5.91 Å². The highest BCUT2D eigenvalue weighted by Gasteiger charge is 2.08. The quantitative estimate of drug-likeness (QED) is 0.665. The van der Waals surface area contributed by atoms with E-state index in [1.54, 1.807) is 29.3 Å². The highest BCUT2D eigenvalue weighted by Crippen LogP contribution is 2.16. The second-order valence-electron chi connectivity index (χ2n) is 5.70. The molecule has 2 aromatic heterocycles. The van der Waals surface area contributed by atoms with Gasteiger partial charge in [-0.15, -0.1) is 11.3 Å². The Hall–Kier alpha value is -2.60. The number of amides is 1. The Morgan fingerprint density at radius 3 is 2.80 bits per heavy atom. The molecule has 0 saturated carbocycles. The number of thiophene rings is 1. The molecule has 1 N–H and O–H groups in total. The van der Waals surface area contributed by atoms with Gasteiger partial charge in [-0.3, -0.25) is 4.79 Å². The molecule has 2 heterocycles. The molecular formula is C19H21N3O2S. The summed E-state index contributed by atoms with van der Waals surface area (Å²) in [6.07, 6.45) is 3.99. The van der Waals surface area contributed by atoms with E-state index in [0.717, 1.165) is 30.0 Å². The fourth-order valence-corrected chi connectivity index (χ4v) is 3.30. The molecule has 3 rings (SSSR count). The second-order valence-corrected chi connectivity index (χ2v) is 6.74. The maximum atomic E-state index is 12.2. The van der Waals surface area contributed by atoms with Crippen LogP contribution in [0.2, 0.25) is 0 Å². The maximum Gasteiger partial charge on any atom is 0.225 e. The van der Waals surface area contributed by atoms with Gasteiger partial charge in [0.25, 0.3) is 0 Å². The number of carbonyl (C=O) groups is 1. The fraction of sp³-hybridized carbons (Fsp3) is 0.263. The van der Waals surface area contributed by atoms with Gasteiger partial charge in [0.15, 0.2) is 0 Å². The Morgan fingerprint density at radius 1 is 1.24 bits per heavy atom. The number of nitrogens with zero attached hydrogens (tertiary/aromatic N) is 2. The van der Waals surface area contributed by atoms with Crippen molar-refractivity contribution in [1.29, 1.82) is 0 Å². The van der Waals surface area contributed by atoms with E-state index >= 15 is 0 Å². The Bertz CT molecular complexity index is 794. The minimum atomic E-state index is 0.0213. The lowest BCUT2D eigenvalue weighted by Gasteiger charge is -2.09. The lowest BCUT2D eigenvalue weighted by molar-refractivity contribution is -0.116. The molecule has 0 saturated heterocycles. The van der Waals surface area contributed by atoms with Gasteiger partial charge >= 0.3 is 0 Å². The van der Waals surface area contributed by atoms with Crippen LogP contribution < -0.4 is 10.1 Å². The third-order valence-electron chi connectivity index (χ3n) is 3.88. The van der Waals surface area contributed by atoms with Crippen molar-refractivity contribution in [2.24, 2.45) is 0 Å². The first-order valence-corrected chi connectivity index (χ1v) is 9.09. The molecule has 0 spiro atoms. The predicted molar refractivity (Wildman–Crippen MR) is 100 cm³/mol. The molecule has 0 fully saturated rings. The van der Waals surface area contributed by atoms with Crippen LogP contribution >= 0.6 is 11.3 Å². The number of rotatable bonds is 8. The molecule has 1 aromatic carbocycles. The van der Waals surface area contributed by atoms with Crippen LogP contribution in [0.4, 0.5) is 5.82 Å². The SMILES string of the molecule is COc1ccc(Cn2nccc2NC(=O)CCCc2cccs2)cc1. The first kappa shape index (κ1) is 17.2. The van der Waals surface area contributed by atoms with Crippen molar-refractivity contribution in [3.05, 3.63) is 64.5 Å². The molecule has 0 radical (unpaired) electrons. The standard InChI is InChI=1S/C19H21N3O2S/c1-24-16-9-7-15(8-10-16)14-22-18(11-12-20-22)21-19(23)6-2-4-17-5-3-13-25-17/h3,5,7-13H,2,4,6,14H2,1H3,(H,21,23). The van der Waals surface area contributed by atoms with Gasteiger partial charge in [0.05, 0.1) is 19.9 Å². The number of benzene rings is 1. The Balaban J connectivity index is 1.52. The molecular weight excluding hydrogens is 334 g/mol. The minimum Gasteiger partial charge on any atom is -0.497 e. The Kier molecular flexibility index (Phi) is 5.85.